The molecule has 4 rings (SSSR count). The second kappa shape index (κ2) is 10.5. The van der Waals surface area contributed by atoms with Gasteiger partial charge in [0, 0.05) is 10.7 Å². The maximum atomic E-state index is 12.9. The highest BCUT2D eigenvalue weighted by Gasteiger charge is 2.35. The van der Waals surface area contributed by atoms with Crippen molar-refractivity contribution in [3.8, 4) is 11.5 Å². The van der Waals surface area contributed by atoms with Gasteiger partial charge in [0.15, 0.2) is 11.5 Å². The monoisotopic (exact) mass is 546 g/mol. The van der Waals surface area contributed by atoms with Gasteiger partial charge in [-0.25, -0.2) is 9.48 Å². The molecule has 178 valence electrons. The average Bonchev–Trinajstić information content (AvgIpc) is 3.27. The standard InChI is InChI=1S/C24H24BrClN4O4/c1-4-32-19-11-16(10-18(25)22(19)34-12-15-6-8-17(26)9-7-15)21-20(23(31)33-5-2)14(3)29-24-27-13-28-30(21)24/h6-11,13,21H,4-5,12H2,1-3H3,(H,27,28,29). The molecule has 0 spiro atoms. The van der Waals surface area contributed by atoms with Crippen LogP contribution in [0.5, 0.6) is 11.5 Å². The van der Waals surface area contributed by atoms with Crippen molar-refractivity contribution in [1.29, 1.82) is 0 Å². The van der Waals surface area contributed by atoms with Gasteiger partial charge < -0.3 is 19.5 Å². The second-order valence-corrected chi connectivity index (χ2v) is 8.78. The Morgan fingerprint density at radius 3 is 2.65 bits per heavy atom. The topological polar surface area (TPSA) is 87.5 Å². The predicted molar refractivity (Wildman–Crippen MR) is 132 cm³/mol. The van der Waals surface area contributed by atoms with Crippen LogP contribution in [0.1, 0.15) is 37.9 Å². The number of nitrogens with zero attached hydrogens (tertiary/aromatic N) is 3. The maximum Gasteiger partial charge on any atom is 0.338 e. The van der Waals surface area contributed by atoms with E-state index in [0.717, 1.165) is 11.1 Å². The lowest BCUT2D eigenvalue weighted by atomic mass is 9.95. The summed E-state index contributed by atoms with van der Waals surface area (Å²) in [5, 5.41) is 8.15. The molecule has 1 N–H and O–H groups in total. The number of nitrogens with one attached hydrogen (secondary N) is 1. The fourth-order valence-electron chi connectivity index (χ4n) is 3.76. The van der Waals surface area contributed by atoms with E-state index >= 15 is 0 Å². The van der Waals surface area contributed by atoms with Crippen LogP contribution in [-0.2, 0) is 16.1 Å². The molecule has 34 heavy (non-hydrogen) atoms. The first kappa shape index (κ1) is 24.1. The van der Waals surface area contributed by atoms with Crippen LogP contribution in [0.25, 0.3) is 0 Å². The SMILES string of the molecule is CCOC(=O)C1=C(C)Nc2ncnn2C1c1cc(Br)c(OCc2ccc(Cl)cc2)c(OCC)c1. The first-order valence-corrected chi connectivity index (χ1v) is 12.0. The molecule has 0 amide bonds. The van der Waals surface area contributed by atoms with Crippen molar-refractivity contribution < 1.29 is 19.0 Å². The molecule has 0 radical (unpaired) electrons. The number of benzene rings is 2. The molecule has 0 saturated heterocycles. The van der Waals surface area contributed by atoms with Crippen LogP contribution in [0.3, 0.4) is 0 Å². The third kappa shape index (κ3) is 4.90. The van der Waals surface area contributed by atoms with E-state index < -0.39 is 12.0 Å². The van der Waals surface area contributed by atoms with E-state index in [-0.39, 0.29) is 6.61 Å². The highest BCUT2D eigenvalue weighted by molar-refractivity contribution is 9.10. The molecule has 10 heteroatoms. The van der Waals surface area contributed by atoms with E-state index in [1.165, 1.54) is 6.33 Å². The van der Waals surface area contributed by atoms with Gasteiger partial charge in [0.25, 0.3) is 0 Å². The minimum atomic E-state index is -0.557. The molecule has 1 atom stereocenters. The van der Waals surface area contributed by atoms with Gasteiger partial charge in [0.2, 0.25) is 5.95 Å². The number of fused-ring (bicyclic) bond motifs is 1. The zero-order chi connectivity index (χ0) is 24.2. The molecule has 3 aromatic rings. The minimum Gasteiger partial charge on any atom is -0.490 e. The summed E-state index contributed by atoms with van der Waals surface area (Å²) < 4.78 is 19.7. The second-order valence-electron chi connectivity index (χ2n) is 7.49. The fraction of sp³-hybridized carbons (Fsp3) is 0.292. The Kier molecular flexibility index (Phi) is 7.43. The van der Waals surface area contributed by atoms with Crippen molar-refractivity contribution in [1.82, 2.24) is 14.8 Å². The lowest BCUT2D eigenvalue weighted by Gasteiger charge is -2.29. The van der Waals surface area contributed by atoms with Crippen molar-refractivity contribution in [3.05, 3.63) is 74.6 Å². The fourth-order valence-corrected chi connectivity index (χ4v) is 4.46. The van der Waals surface area contributed by atoms with Gasteiger partial charge in [-0.05, 0) is 72.1 Å². The number of anilines is 1. The van der Waals surface area contributed by atoms with Crippen LogP contribution in [0.4, 0.5) is 5.95 Å². The molecule has 2 heterocycles. The van der Waals surface area contributed by atoms with Gasteiger partial charge in [-0.2, -0.15) is 10.1 Å². The maximum absolute atomic E-state index is 12.9. The first-order valence-electron chi connectivity index (χ1n) is 10.8. The van der Waals surface area contributed by atoms with Gasteiger partial charge in [0.05, 0.1) is 23.3 Å². The van der Waals surface area contributed by atoms with Crippen LogP contribution in [0.15, 0.2) is 58.5 Å². The number of hydrogen-bond acceptors (Lipinski definition) is 7. The highest BCUT2D eigenvalue weighted by Crippen LogP contribution is 2.43. The molecule has 1 aromatic heterocycles. The van der Waals surface area contributed by atoms with Crippen molar-refractivity contribution in [3.63, 3.8) is 0 Å². The normalized spacial score (nSPS) is 14.9. The van der Waals surface area contributed by atoms with Gasteiger partial charge >= 0.3 is 5.97 Å². The Morgan fingerprint density at radius 2 is 1.94 bits per heavy atom. The first-order chi connectivity index (χ1) is 16.4. The van der Waals surface area contributed by atoms with Gasteiger partial charge in [-0.15, -0.1) is 0 Å². The number of carbonyl (C=O) groups is 1. The van der Waals surface area contributed by atoms with Gasteiger partial charge in [-0.3, -0.25) is 0 Å². The third-order valence-electron chi connectivity index (χ3n) is 5.23. The van der Waals surface area contributed by atoms with Crippen LogP contribution in [0.2, 0.25) is 5.02 Å². The summed E-state index contributed by atoms with van der Waals surface area (Å²) in [6.07, 6.45) is 1.44. The lowest BCUT2D eigenvalue weighted by molar-refractivity contribution is -0.139. The Bertz CT molecular complexity index is 1230. The summed E-state index contributed by atoms with van der Waals surface area (Å²) in [5.74, 6) is 1.22. The number of carbonyl (C=O) groups excluding carboxylic acids is 1. The molecule has 1 aliphatic heterocycles. The molecule has 1 aliphatic rings. The average molecular weight is 548 g/mol. The molecule has 2 aromatic carbocycles. The minimum absolute atomic E-state index is 0.262. The highest BCUT2D eigenvalue weighted by atomic mass is 79.9. The summed E-state index contributed by atoms with van der Waals surface area (Å²) >= 11 is 9.62. The summed E-state index contributed by atoms with van der Waals surface area (Å²) in [5.41, 5.74) is 2.84. The number of allylic oxidation sites excluding steroid dienone is 1. The number of hydrogen-bond donors (Lipinski definition) is 1. The van der Waals surface area contributed by atoms with Crippen molar-refractivity contribution in [2.75, 3.05) is 18.5 Å². The quantitative estimate of drug-likeness (QED) is 0.371. The van der Waals surface area contributed by atoms with E-state index in [1.807, 2.05) is 50.2 Å². The molecule has 8 nitrogen and oxygen atoms in total. The van der Waals surface area contributed by atoms with E-state index in [9.17, 15) is 4.79 Å². The number of ether oxygens (including phenoxy) is 3. The molecule has 0 aliphatic carbocycles. The number of esters is 1. The summed E-state index contributed by atoms with van der Waals surface area (Å²) in [6.45, 7) is 6.53. The lowest BCUT2D eigenvalue weighted by Crippen LogP contribution is -2.29. The van der Waals surface area contributed by atoms with Crippen molar-refractivity contribution in [2.24, 2.45) is 0 Å². The third-order valence-corrected chi connectivity index (χ3v) is 6.07. The van der Waals surface area contributed by atoms with E-state index in [4.69, 9.17) is 25.8 Å². The largest absolute Gasteiger partial charge is 0.490 e. The van der Waals surface area contributed by atoms with Gasteiger partial charge in [-0.1, -0.05) is 23.7 Å². The van der Waals surface area contributed by atoms with E-state index in [1.54, 1.807) is 11.6 Å². The van der Waals surface area contributed by atoms with Crippen molar-refractivity contribution >= 4 is 39.4 Å². The summed E-state index contributed by atoms with van der Waals surface area (Å²) in [7, 11) is 0. The van der Waals surface area contributed by atoms with Crippen LogP contribution in [0, 0.1) is 0 Å². The van der Waals surface area contributed by atoms with Crippen LogP contribution >= 0.6 is 27.5 Å². The van der Waals surface area contributed by atoms with E-state index in [0.29, 0.717) is 51.4 Å². The molecule has 0 fully saturated rings. The zero-order valence-electron chi connectivity index (χ0n) is 19.0. The Labute approximate surface area is 211 Å². The summed E-state index contributed by atoms with van der Waals surface area (Å²) in [4.78, 5) is 17.2. The molecular formula is C24H24BrClN4O4. The Hall–Kier alpha value is -3.04. The molecule has 1 unspecified atom stereocenters. The van der Waals surface area contributed by atoms with Crippen LogP contribution < -0.4 is 14.8 Å². The predicted octanol–water partition coefficient (Wildman–Crippen LogP) is 5.52. The van der Waals surface area contributed by atoms with Gasteiger partial charge in [0.1, 0.15) is 19.0 Å². The van der Waals surface area contributed by atoms with Crippen LogP contribution in [-0.4, -0.2) is 33.9 Å². The summed E-state index contributed by atoms with van der Waals surface area (Å²) in [6, 6.07) is 10.7. The van der Waals surface area contributed by atoms with Crippen molar-refractivity contribution in [2.45, 2.75) is 33.4 Å². The number of halogens is 2. The molecule has 0 bridgehead atoms. The van der Waals surface area contributed by atoms with E-state index in [2.05, 4.69) is 31.3 Å². The Morgan fingerprint density at radius 1 is 1.18 bits per heavy atom. The molecular weight excluding hydrogens is 524 g/mol. The smallest absolute Gasteiger partial charge is 0.338 e. The molecule has 0 saturated carbocycles. The number of rotatable bonds is 8. The number of aromatic nitrogens is 3. The Balaban J connectivity index is 1.74. The zero-order valence-corrected chi connectivity index (χ0v) is 21.3.